The molecule has 1 heterocycles. The van der Waals surface area contributed by atoms with E-state index in [1.165, 1.54) is 0 Å². The number of hydrogen-bond donors (Lipinski definition) is 2. The van der Waals surface area contributed by atoms with E-state index in [2.05, 4.69) is 4.98 Å². The molecule has 1 aromatic heterocycles. The molecule has 0 radical (unpaired) electrons. The normalized spacial score (nSPS) is 34.5. The Morgan fingerprint density at radius 2 is 1.86 bits per heavy atom. The van der Waals surface area contributed by atoms with Gasteiger partial charge in [0.1, 0.15) is 0 Å². The smallest absolute Gasteiger partial charge is 0.312 e. The van der Waals surface area contributed by atoms with E-state index in [1.54, 1.807) is 6.92 Å². The van der Waals surface area contributed by atoms with Crippen LogP contribution >= 0.6 is 0 Å². The number of ether oxygens (including phenoxy) is 1. The van der Waals surface area contributed by atoms with Crippen LogP contribution in [0.15, 0.2) is 24.3 Å². The van der Waals surface area contributed by atoms with E-state index >= 15 is 0 Å². The number of benzene rings is 1. The number of hydrogen-bond acceptors (Lipinski definition) is 4. The monoisotopic (exact) mass is 381 g/mol. The third kappa shape index (κ3) is 2.63. The molecule has 2 N–H and O–H groups in total. The van der Waals surface area contributed by atoms with Crippen molar-refractivity contribution in [2.24, 2.45) is 17.3 Å². The topological polar surface area (TPSA) is 79.4 Å². The van der Waals surface area contributed by atoms with Gasteiger partial charge in [-0.25, -0.2) is 0 Å². The molecular formula is C23H27NO4. The Kier molecular flexibility index (Phi) is 3.80. The molecule has 148 valence electrons. The number of carbonyl (C=O) groups is 2. The number of nitrogens with one attached hydrogen (secondary N) is 1. The van der Waals surface area contributed by atoms with Gasteiger partial charge < -0.3 is 14.8 Å². The highest BCUT2D eigenvalue weighted by atomic mass is 16.5. The number of fused-ring (bicyclic) bond motifs is 1. The lowest BCUT2D eigenvalue weighted by molar-refractivity contribution is -0.197. The lowest BCUT2D eigenvalue weighted by Crippen LogP contribution is -2.58. The summed E-state index contributed by atoms with van der Waals surface area (Å²) in [5.41, 5.74) is 0.968. The molecule has 0 amide bonds. The Labute approximate surface area is 164 Å². The Hall–Kier alpha value is -2.14. The molecular weight excluding hydrogens is 354 g/mol. The number of esters is 1. The predicted molar refractivity (Wildman–Crippen MR) is 105 cm³/mol. The first-order valence-corrected chi connectivity index (χ1v) is 10.3. The van der Waals surface area contributed by atoms with Crippen LogP contribution in [0.5, 0.6) is 0 Å². The SMILES string of the molecule is Cc1[nH]c2ccccc2c1C(=O)[C@H](C)OC(=O)C12C[C@@H]3C[C@@H](CC(O)(C3)C1)C2. The lowest BCUT2D eigenvalue weighted by Gasteiger charge is -2.58. The number of aromatic amines is 1. The maximum Gasteiger partial charge on any atom is 0.312 e. The molecule has 1 aromatic carbocycles. The Morgan fingerprint density at radius 1 is 1.18 bits per heavy atom. The van der Waals surface area contributed by atoms with Crippen LogP contribution in [-0.2, 0) is 9.53 Å². The fourth-order valence-corrected chi connectivity index (χ4v) is 6.59. The zero-order valence-corrected chi connectivity index (χ0v) is 16.5. The lowest BCUT2D eigenvalue weighted by atomic mass is 9.48. The fraction of sp³-hybridized carbons (Fsp3) is 0.565. The molecule has 4 fully saturated rings. The first kappa shape index (κ1) is 17.9. The second-order valence-corrected chi connectivity index (χ2v) is 9.55. The third-order valence-electron chi connectivity index (χ3n) is 7.26. The van der Waals surface area contributed by atoms with E-state index in [9.17, 15) is 14.7 Å². The van der Waals surface area contributed by atoms with Gasteiger partial charge in [-0.2, -0.15) is 0 Å². The number of rotatable bonds is 4. The average Bonchev–Trinajstić information content (AvgIpc) is 2.94. The van der Waals surface area contributed by atoms with Crippen LogP contribution in [0.25, 0.3) is 10.9 Å². The Morgan fingerprint density at radius 3 is 2.54 bits per heavy atom. The molecule has 0 spiro atoms. The van der Waals surface area contributed by atoms with Crippen molar-refractivity contribution in [3.05, 3.63) is 35.5 Å². The van der Waals surface area contributed by atoms with Crippen molar-refractivity contribution in [2.45, 2.75) is 64.1 Å². The molecule has 2 unspecified atom stereocenters. The third-order valence-corrected chi connectivity index (χ3v) is 7.26. The van der Waals surface area contributed by atoms with Gasteiger partial charge >= 0.3 is 5.97 Å². The molecule has 0 saturated heterocycles. The highest BCUT2D eigenvalue weighted by Crippen LogP contribution is 2.62. The van der Waals surface area contributed by atoms with Crippen molar-refractivity contribution in [3.8, 4) is 0 Å². The number of aliphatic hydroxyl groups is 1. The van der Waals surface area contributed by atoms with Crippen LogP contribution in [0.4, 0.5) is 0 Å². The maximum atomic E-state index is 13.2. The maximum absolute atomic E-state index is 13.2. The van der Waals surface area contributed by atoms with Crippen molar-refractivity contribution >= 4 is 22.7 Å². The van der Waals surface area contributed by atoms with Gasteiger partial charge in [-0.05, 0) is 70.3 Å². The Balaban J connectivity index is 1.38. The van der Waals surface area contributed by atoms with Gasteiger partial charge in [0, 0.05) is 22.2 Å². The van der Waals surface area contributed by atoms with Crippen LogP contribution < -0.4 is 0 Å². The highest BCUT2D eigenvalue weighted by molar-refractivity contribution is 6.11. The van der Waals surface area contributed by atoms with Crippen LogP contribution in [-0.4, -0.2) is 33.5 Å². The summed E-state index contributed by atoms with van der Waals surface area (Å²) in [6.07, 6.45) is 3.95. The van der Waals surface area contributed by atoms with Crippen LogP contribution in [0.3, 0.4) is 0 Å². The van der Waals surface area contributed by atoms with Crippen molar-refractivity contribution in [1.29, 1.82) is 0 Å². The quantitative estimate of drug-likeness (QED) is 0.621. The van der Waals surface area contributed by atoms with Crippen LogP contribution in [0.2, 0.25) is 0 Å². The number of Topliss-reactive ketones (excluding diaryl/α,β-unsaturated/α-hetero) is 1. The van der Waals surface area contributed by atoms with Crippen molar-refractivity contribution < 1.29 is 19.4 Å². The molecule has 6 rings (SSSR count). The molecule has 5 atom stereocenters. The van der Waals surface area contributed by atoms with Crippen molar-refractivity contribution in [3.63, 3.8) is 0 Å². The van der Waals surface area contributed by atoms with E-state index in [4.69, 9.17) is 4.74 Å². The second-order valence-electron chi connectivity index (χ2n) is 9.55. The number of carbonyl (C=O) groups excluding carboxylic acids is 2. The summed E-state index contributed by atoms with van der Waals surface area (Å²) < 4.78 is 5.76. The summed E-state index contributed by atoms with van der Waals surface area (Å²) >= 11 is 0. The van der Waals surface area contributed by atoms with Crippen molar-refractivity contribution in [1.82, 2.24) is 4.98 Å². The number of ketones is 1. The molecule has 4 saturated carbocycles. The molecule has 0 aliphatic heterocycles. The van der Waals surface area contributed by atoms with Crippen LogP contribution in [0.1, 0.15) is 61.5 Å². The molecule has 28 heavy (non-hydrogen) atoms. The largest absolute Gasteiger partial charge is 0.454 e. The van der Waals surface area contributed by atoms with E-state index in [1.807, 2.05) is 31.2 Å². The van der Waals surface area contributed by atoms with Crippen molar-refractivity contribution in [2.75, 3.05) is 0 Å². The van der Waals surface area contributed by atoms with E-state index < -0.39 is 17.1 Å². The van der Waals surface area contributed by atoms with Gasteiger partial charge in [-0.1, -0.05) is 18.2 Å². The number of aromatic nitrogens is 1. The second kappa shape index (κ2) is 5.93. The number of para-hydroxylation sites is 1. The van der Waals surface area contributed by atoms with E-state index in [0.717, 1.165) is 48.7 Å². The molecule has 4 aliphatic carbocycles. The summed E-state index contributed by atoms with van der Waals surface area (Å²) in [6.45, 7) is 3.53. The highest BCUT2D eigenvalue weighted by Gasteiger charge is 2.61. The number of aryl methyl sites for hydroxylation is 1. The minimum atomic E-state index is -0.840. The molecule has 4 aliphatic rings. The van der Waals surface area contributed by atoms with Gasteiger partial charge in [0.15, 0.2) is 6.10 Å². The first-order chi connectivity index (χ1) is 13.3. The van der Waals surface area contributed by atoms with Gasteiger partial charge in [-0.3, -0.25) is 9.59 Å². The summed E-state index contributed by atoms with van der Waals surface area (Å²) in [5.74, 6) is 0.339. The van der Waals surface area contributed by atoms with Gasteiger partial charge in [0.05, 0.1) is 11.0 Å². The van der Waals surface area contributed by atoms with E-state index in [0.29, 0.717) is 23.8 Å². The first-order valence-electron chi connectivity index (χ1n) is 10.3. The summed E-state index contributed by atoms with van der Waals surface area (Å²) in [4.78, 5) is 29.5. The molecule has 5 heteroatoms. The fourth-order valence-electron chi connectivity index (χ4n) is 6.59. The minimum Gasteiger partial charge on any atom is -0.454 e. The zero-order valence-electron chi connectivity index (χ0n) is 16.5. The molecule has 4 bridgehead atoms. The van der Waals surface area contributed by atoms with E-state index in [-0.39, 0.29) is 11.8 Å². The number of H-pyrrole nitrogens is 1. The van der Waals surface area contributed by atoms with Crippen LogP contribution in [0, 0.1) is 24.2 Å². The van der Waals surface area contributed by atoms with Gasteiger partial charge in [0.2, 0.25) is 5.78 Å². The molecule has 5 nitrogen and oxygen atoms in total. The van der Waals surface area contributed by atoms with Gasteiger partial charge in [-0.15, -0.1) is 0 Å². The zero-order chi connectivity index (χ0) is 19.7. The van der Waals surface area contributed by atoms with Gasteiger partial charge in [0.25, 0.3) is 0 Å². The predicted octanol–water partition coefficient (Wildman–Crippen LogP) is 3.92. The average molecular weight is 381 g/mol. The minimum absolute atomic E-state index is 0.174. The summed E-state index contributed by atoms with van der Waals surface area (Å²) in [5, 5.41) is 11.7. The summed E-state index contributed by atoms with van der Waals surface area (Å²) in [7, 11) is 0. The molecule has 2 aromatic rings. The standard InChI is InChI=1S/C23H27NO4/c1-13-19(17-5-3-4-6-18(17)24-13)20(25)14(2)28-21(26)22-8-15-7-16(9-22)11-23(27,10-15)12-22/h3-6,14-16,24,27H,7-12H2,1-2H3/t14-,15-,16+,22?,23?/m0/s1. The Bertz CT molecular complexity index is 960. The summed E-state index contributed by atoms with van der Waals surface area (Å²) in [6, 6.07) is 7.67.